The maximum Gasteiger partial charge on any atom is 0.274 e. The molecule has 1 aromatic rings. The maximum absolute atomic E-state index is 11.8. The number of nitrogens with zero attached hydrogens (tertiary/aromatic N) is 1. The Hall–Kier alpha value is -1.63. The van der Waals surface area contributed by atoms with Crippen molar-refractivity contribution in [1.82, 2.24) is 10.4 Å². The Labute approximate surface area is 118 Å². The third-order valence-corrected chi connectivity index (χ3v) is 3.11. The molecule has 1 aromatic carbocycles. The molecule has 1 saturated heterocycles. The summed E-state index contributed by atoms with van der Waals surface area (Å²) in [5.41, 5.74) is 2.95. The van der Waals surface area contributed by atoms with Crippen molar-refractivity contribution in [3.63, 3.8) is 0 Å². The van der Waals surface area contributed by atoms with Gasteiger partial charge in [0, 0.05) is 25.2 Å². The lowest BCUT2D eigenvalue weighted by molar-refractivity contribution is -0.00177. The Balaban J connectivity index is 1.69. The predicted octanol–water partition coefficient (Wildman–Crippen LogP) is 0.689. The van der Waals surface area contributed by atoms with Crippen LogP contribution < -0.4 is 10.2 Å². The van der Waals surface area contributed by atoms with Crippen molar-refractivity contribution < 1.29 is 19.1 Å². The van der Waals surface area contributed by atoms with Crippen LogP contribution >= 0.6 is 0 Å². The lowest BCUT2D eigenvalue weighted by Gasteiger charge is -2.26. The van der Waals surface area contributed by atoms with Crippen molar-refractivity contribution >= 4 is 5.91 Å². The summed E-state index contributed by atoms with van der Waals surface area (Å²) in [6.07, 6.45) is 0. The maximum atomic E-state index is 11.8. The minimum absolute atomic E-state index is 0.272. The number of carbonyl (C=O) groups excluding carboxylic acids is 1. The van der Waals surface area contributed by atoms with Crippen LogP contribution in [0.4, 0.5) is 0 Å². The van der Waals surface area contributed by atoms with E-state index in [1.165, 1.54) is 0 Å². The fraction of sp³-hybridized carbons (Fsp3) is 0.500. The highest BCUT2D eigenvalue weighted by molar-refractivity contribution is 5.93. The van der Waals surface area contributed by atoms with Gasteiger partial charge in [0.05, 0.1) is 26.9 Å². The molecule has 1 heterocycles. The number of hydroxylamine groups is 1. The van der Waals surface area contributed by atoms with Crippen LogP contribution in [0.15, 0.2) is 24.3 Å². The largest absolute Gasteiger partial charge is 0.497 e. The molecule has 0 radical (unpaired) electrons. The quantitative estimate of drug-likeness (QED) is 0.613. The second kappa shape index (κ2) is 7.84. The van der Waals surface area contributed by atoms with Gasteiger partial charge < -0.3 is 9.47 Å². The van der Waals surface area contributed by atoms with Gasteiger partial charge in [-0.2, -0.15) is 0 Å². The van der Waals surface area contributed by atoms with Gasteiger partial charge in [-0.25, -0.2) is 5.48 Å². The Morgan fingerprint density at radius 2 is 2.20 bits per heavy atom. The smallest absolute Gasteiger partial charge is 0.274 e. The summed E-state index contributed by atoms with van der Waals surface area (Å²) in [7, 11) is 1.57. The molecular weight excluding hydrogens is 260 g/mol. The molecular formula is C14H20N2O4. The molecule has 0 spiro atoms. The number of morpholine rings is 1. The highest BCUT2D eigenvalue weighted by atomic mass is 16.7. The van der Waals surface area contributed by atoms with E-state index in [0.717, 1.165) is 32.8 Å². The van der Waals surface area contributed by atoms with E-state index in [1.54, 1.807) is 31.4 Å². The van der Waals surface area contributed by atoms with E-state index >= 15 is 0 Å². The second-order valence-corrected chi connectivity index (χ2v) is 4.47. The fourth-order valence-corrected chi connectivity index (χ4v) is 1.94. The van der Waals surface area contributed by atoms with E-state index in [2.05, 4.69) is 10.4 Å². The molecule has 0 atom stereocenters. The molecule has 0 unspecified atom stereocenters. The molecule has 1 N–H and O–H groups in total. The molecule has 0 aliphatic carbocycles. The van der Waals surface area contributed by atoms with Gasteiger partial charge in [-0.05, 0) is 18.2 Å². The van der Waals surface area contributed by atoms with Crippen LogP contribution in [-0.4, -0.2) is 57.4 Å². The zero-order chi connectivity index (χ0) is 14.2. The Kier molecular flexibility index (Phi) is 5.79. The fourth-order valence-electron chi connectivity index (χ4n) is 1.94. The molecule has 6 nitrogen and oxygen atoms in total. The number of hydrogen-bond acceptors (Lipinski definition) is 5. The van der Waals surface area contributed by atoms with E-state index in [4.69, 9.17) is 14.3 Å². The average Bonchev–Trinajstić information content (AvgIpc) is 2.52. The lowest BCUT2D eigenvalue weighted by atomic mass is 10.2. The van der Waals surface area contributed by atoms with Gasteiger partial charge in [-0.1, -0.05) is 6.07 Å². The van der Waals surface area contributed by atoms with Crippen molar-refractivity contribution in [2.45, 2.75) is 0 Å². The molecule has 0 aromatic heterocycles. The van der Waals surface area contributed by atoms with Crippen LogP contribution in [0, 0.1) is 0 Å². The highest BCUT2D eigenvalue weighted by Gasteiger charge is 2.10. The molecule has 110 valence electrons. The molecule has 1 aliphatic rings. The number of methoxy groups -OCH3 is 1. The molecule has 0 bridgehead atoms. The van der Waals surface area contributed by atoms with Gasteiger partial charge >= 0.3 is 0 Å². The number of hydrogen-bond donors (Lipinski definition) is 1. The van der Waals surface area contributed by atoms with Crippen LogP contribution in [0.1, 0.15) is 10.4 Å². The topological polar surface area (TPSA) is 60.0 Å². The van der Waals surface area contributed by atoms with Gasteiger partial charge in [0.1, 0.15) is 5.75 Å². The van der Waals surface area contributed by atoms with Gasteiger partial charge in [-0.3, -0.25) is 14.5 Å². The first kappa shape index (κ1) is 14.8. The van der Waals surface area contributed by atoms with Crippen LogP contribution in [0.5, 0.6) is 5.75 Å². The van der Waals surface area contributed by atoms with Crippen molar-refractivity contribution in [1.29, 1.82) is 0 Å². The summed E-state index contributed by atoms with van der Waals surface area (Å²) in [6, 6.07) is 6.93. The van der Waals surface area contributed by atoms with Crippen LogP contribution in [0.25, 0.3) is 0 Å². The van der Waals surface area contributed by atoms with Crippen molar-refractivity contribution in [3.05, 3.63) is 29.8 Å². The van der Waals surface area contributed by atoms with Gasteiger partial charge in [-0.15, -0.1) is 0 Å². The summed E-state index contributed by atoms with van der Waals surface area (Å²) in [4.78, 5) is 19.3. The summed E-state index contributed by atoms with van der Waals surface area (Å²) in [5.74, 6) is 0.372. The first-order valence-corrected chi connectivity index (χ1v) is 6.66. The number of ether oxygens (including phenoxy) is 2. The van der Waals surface area contributed by atoms with E-state index < -0.39 is 0 Å². The number of carbonyl (C=O) groups is 1. The van der Waals surface area contributed by atoms with Gasteiger partial charge in [0.2, 0.25) is 0 Å². The molecule has 6 heteroatoms. The van der Waals surface area contributed by atoms with Crippen molar-refractivity contribution in [2.24, 2.45) is 0 Å². The average molecular weight is 280 g/mol. The van der Waals surface area contributed by atoms with E-state index in [9.17, 15) is 4.79 Å². The minimum Gasteiger partial charge on any atom is -0.497 e. The monoisotopic (exact) mass is 280 g/mol. The summed E-state index contributed by atoms with van der Waals surface area (Å²) < 4.78 is 10.3. The van der Waals surface area contributed by atoms with Gasteiger partial charge in [0.15, 0.2) is 0 Å². The minimum atomic E-state index is -0.272. The normalized spacial score (nSPS) is 15.8. The van der Waals surface area contributed by atoms with E-state index in [0.29, 0.717) is 17.9 Å². The van der Waals surface area contributed by atoms with Crippen molar-refractivity contribution in [3.8, 4) is 5.75 Å². The molecule has 0 saturated carbocycles. The highest BCUT2D eigenvalue weighted by Crippen LogP contribution is 2.12. The zero-order valence-electron chi connectivity index (χ0n) is 11.6. The summed E-state index contributed by atoms with van der Waals surface area (Å²) >= 11 is 0. The van der Waals surface area contributed by atoms with Gasteiger partial charge in [0.25, 0.3) is 5.91 Å². The predicted molar refractivity (Wildman–Crippen MR) is 73.7 cm³/mol. The standard InChI is InChI=1S/C14H20N2O4/c1-18-13-4-2-3-12(11-13)14(17)15-20-10-7-16-5-8-19-9-6-16/h2-4,11H,5-10H2,1H3,(H,15,17). The Morgan fingerprint density at radius 1 is 1.40 bits per heavy atom. The van der Waals surface area contributed by atoms with E-state index in [-0.39, 0.29) is 5.91 Å². The van der Waals surface area contributed by atoms with Crippen LogP contribution in [0.2, 0.25) is 0 Å². The zero-order valence-corrected chi connectivity index (χ0v) is 11.6. The van der Waals surface area contributed by atoms with Crippen LogP contribution in [0.3, 0.4) is 0 Å². The first-order chi connectivity index (χ1) is 9.79. The Morgan fingerprint density at radius 3 is 2.95 bits per heavy atom. The Bertz CT molecular complexity index is 433. The number of nitrogens with one attached hydrogen (secondary N) is 1. The van der Waals surface area contributed by atoms with Crippen LogP contribution in [-0.2, 0) is 9.57 Å². The molecule has 1 aliphatic heterocycles. The lowest BCUT2D eigenvalue weighted by Crippen LogP contribution is -2.39. The first-order valence-electron chi connectivity index (χ1n) is 6.66. The third kappa shape index (κ3) is 4.48. The second-order valence-electron chi connectivity index (χ2n) is 4.47. The SMILES string of the molecule is COc1cccc(C(=O)NOCCN2CCOCC2)c1. The number of amides is 1. The molecule has 1 amide bonds. The van der Waals surface area contributed by atoms with Crippen molar-refractivity contribution in [2.75, 3.05) is 46.6 Å². The molecule has 20 heavy (non-hydrogen) atoms. The summed E-state index contributed by atoms with van der Waals surface area (Å²) in [6.45, 7) is 4.57. The van der Waals surface area contributed by atoms with E-state index in [1.807, 2.05) is 0 Å². The molecule has 1 fully saturated rings. The number of rotatable bonds is 6. The number of benzene rings is 1. The third-order valence-electron chi connectivity index (χ3n) is 3.11. The molecule has 2 rings (SSSR count). The summed E-state index contributed by atoms with van der Waals surface area (Å²) in [5, 5.41) is 0.